The minimum absolute atomic E-state index is 0.489. The summed E-state index contributed by atoms with van der Waals surface area (Å²) in [5, 5.41) is 12.5. The van der Waals surface area contributed by atoms with Crippen LogP contribution < -0.4 is 0 Å². The third kappa shape index (κ3) is 3.20. The molecule has 0 saturated heterocycles. The van der Waals surface area contributed by atoms with Gasteiger partial charge in [-0.15, -0.1) is 5.10 Å². The summed E-state index contributed by atoms with van der Waals surface area (Å²) in [6.07, 6.45) is 5.66. The van der Waals surface area contributed by atoms with Crippen LogP contribution in [0.5, 0.6) is 0 Å². The normalized spacial score (nSPS) is 12.0. The second kappa shape index (κ2) is 5.52. The Morgan fingerprint density at radius 3 is 2.37 bits per heavy atom. The summed E-state index contributed by atoms with van der Waals surface area (Å²) in [4.78, 5) is 2.39. The summed E-state index contributed by atoms with van der Waals surface area (Å²) < 4.78 is 3.52. The maximum atomic E-state index is 4.24. The zero-order valence-corrected chi connectivity index (χ0v) is 12.3. The lowest BCUT2D eigenvalue weighted by Crippen LogP contribution is -2.36. The zero-order chi connectivity index (χ0) is 14.0. The third-order valence-corrected chi connectivity index (χ3v) is 3.17. The molecule has 0 aliphatic heterocycles. The topological polar surface area (TPSA) is 51.8 Å². The van der Waals surface area contributed by atoms with Gasteiger partial charge in [0.05, 0.1) is 24.3 Å². The van der Waals surface area contributed by atoms with Gasteiger partial charge in [0.25, 0.3) is 0 Å². The fourth-order valence-corrected chi connectivity index (χ4v) is 2.17. The molecule has 0 aliphatic rings. The van der Waals surface area contributed by atoms with Gasteiger partial charge in [0, 0.05) is 25.7 Å². The van der Waals surface area contributed by atoms with Crippen LogP contribution in [0.2, 0.25) is 0 Å². The molecule has 104 valence electrons. The fraction of sp³-hybridized carbons (Fsp3) is 0.615. The summed E-state index contributed by atoms with van der Waals surface area (Å²) in [7, 11) is 1.89. The maximum Gasteiger partial charge on any atom is 0.104 e. The molecule has 0 N–H and O–H groups in total. The minimum atomic E-state index is 0.489. The molecule has 0 fully saturated rings. The number of nitrogens with zero attached hydrogens (tertiary/aromatic N) is 6. The van der Waals surface area contributed by atoms with Crippen molar-refractivity contribution >= 4 is 0 Å². The molecule has 0 amide bonds. The average Bonchev–Trinajstić information content (AvgIpc) is 2.93. The largest absolute Gasteiger partial charge is 0.293 e. The summed E-state index contributed by atoms with van der Waals surface area (Å²) in [6.45, 7) is 9.61. The summed E-state index contributed by atoms with van der Waals surface area (Å²) >= 11 is 0. The smallest absolute Gasteiger partial charge is 0.104 e. The van der Waals surface area contributed by atoms with E-state index < -0.39 is 0 Å². The van der Waals surface area contributed by atoms with Gasteiger partial charge >= 0.3 is 0 Å². The first-order valence-corrected chi connectivity index (χ1v) is 6.63. The number of hydrogen-bond acceptors (Lipinski definition) is 4. The summed E-state index contributed by atoms with van der Waals surface area (Å²) in [5.41, 5.74) is 1.91. The Hall–Kier alpha value is -1.69. The van der Waals surface area contributed by atoms with Crippen LogP contribution in [-0.4, -0.2) is 41.8 Å². The molecule has 0 unspecified atom stereocenters. The van der Waals surface area contributed by atoms with E-state index in [-0.39, 0.29) is 0 Å². The highest BCUT2D eigenvalue weighted by molar-refractivity contribution is 5.23. The molecule has 6 heteroatoms. The number of aromatic nitrogens is 5. The molecule has 0 radical (unpaired) electrons. The van der Waals surface area contributed by atoms with Crippen molar-refractivity contribution < 1.29 is 0 Å². The monoisotopic (exact) mass is 262 g/mol. The van der Waals surface area contributed by atoms with Crippen LogP contribution in [0.4, 0.5) is 0 Å². The third-order valence-electron chi connectivity index (χ3n) is 3.17. The Labute approximate surface area is 114 Å². The highest BCUT2D eigenvalue weighted by Gasteiger charge is 2.15. The van der Waals surface area contributed by atoms with Gasteiger partial charge in [0.2, 0.25) is 0 Å². The molecule has 0 saturated carbocycles. The Morgan fingerprint density at radius 1 is 1.16 bits per heavy atom. The minimum Gasteiger partial charge on any atom is -0.293 e. The van der Waals surface area contributed by atoms with E-state index in [1.54, 1.807) is 15.6 Å². The Kier molecular flexibility index (Phi) is 3.99. The second-order valence-electron chi connectivity index (χ2n) is 5.39. The quantitative estimate of drug-likeness (QED) is 0.821. The molecule has 0 aliphatic carbocycles. The van der Waals surface area contributed by atoms with Crippen LogP contribution in [0.1, 0.15) is 33.4 Å². The van der Waals surface area contributed by atoms with Crippen molar-refractivity contribution in [3.05, 3.63) is 24.3 Å². The molecule has 19 heavy (non-hydrogen) atoms. The number of rotatable bonds is 5. The van der Waals surface area contributed by atoms with Gasteiger partial charge in [-0.2, -0.15) is 5.10 Å². The van der Waals surface area contributed by atoms with E-state index in [4.69, 9.17) is 0 Å². The summed E-state index contributed by atoms with van der Waals surface area (Å²) in [6, 6.07) is 0.979. The van der Waals surface area contributed by atoms with E-state index in [2.05, 4.69) is 48.0 Å². The van der Waals surface area contributed by atoms with Gasteiger partial charge in [-0.3, -0.25) is 9.58 Å². The lowest BCUT2D eigenvalue weighted by atomic mass is 10.2. The average molecular weight is 262 g/mol. The molecule has 0 spiro atoms. The van der Waals surface area contributed by atoms with Gasteiger partial charge in [-0.05, 0) is 27.7 Å². The van der Waals surface area contributed by atoms with Crippen molar-refractivity contribution in [2.45, 2.75) is 46.3 Å². The standard InChI is InChI=1S/C13H22N6/c1-10(2)18(11(3)4)7-12-8-19(16-15-12)13-6-14-17(5)9-13/h6,8-11H,7H2,1-5H3. The Bertz CT molecular complexity index is 517. The fourth-order valence-electron chi connectivity index (χ4n) is 2.17. The maximum absolute atomic E-state index is 4.24. The molecule has 0 bridgehead atoms. The van der Waals surface area contributed by atoms with Crippen LogP contribution in [-0.2, 0) is 13.6 Å². The van der Waals surface area contributed by atoms with Crippen molar-refractivity contribution in [3.63, 3.8) is 0 Å². The van der Waals surface area contributed by atoms with E-state index in [1.165, 1.54) is 0 Å². The van der Waals surface area contributed by atoms with Gasteiger partial charge in [-0.1, -0.05) is 5.21 Å². The Morgan fingerprint density at radius 2 is 1.84 bits per heavy atom. The van der Waals surface area contributed by atoms with Crippen LogP contribution >= 0.6 is 0 Å². The van der Waals surface area contributed by atoms with Crippen molar-refractivity contribution in [1.29, 1.82) is 0 Å². The van der Waals surface area contributed by atoms with E-state index in [1.807, 2.05) is 19.4 Å². The van der Waals surface area contributed by atoms with Crippen molar-refractivity contribution in [2.24, 2.45) is 7.05 Å². The van der Waals surface area contributed by atoms with Crippen LogP contribution in [0, 0.1) is 0 Å². The van der Waals surface area contributed by atoms with E-state index >= 15 is 0 Å². The van der Waals surface area contributed by atoms with E-state index in [9.17, 15) is 0 Å². The van der Waals surface area contributed by atoms with Gasteiger partial charge in [-0.25, -0.2) is 4.68 Å². The number of aryl methyl sites for hydroxylation is 1. The SMILES string of the molecule is CC(C)N(Cc1cn(-c2cnn(C)c2)nn1)C(C)C. The predicted molar refractivity (Wildman–Crippen MR) is 73.9 cm³/mol. The van der Waals surface area contributed by atoms with Gasteiger partial charge in [0.15, 0.2) is 0 Å². The predicted octanol–water partition coefficient (Wildman–Crippen LogP) is 1.62. The van der Waals surface area contributed by atoms with E-state index in [0.29, 0.717) is 12.1 Å². The molecule has 0 aromatic carbocycles. The lowest BCUT2D eigenvalue weighted by molar-refractivity contribution is 0.164. The second-order valence-corrected chi connectivity index (χ2v) is 5.39. The first-order chi connectivity index (χ1) is 8.97. The van der Waals surface area contributed by atoms with Gasteiger partial charge < -0.3 is 0 Å². The van der Waals surface area contributed by atoms with Crippen LogP contribution in [0.25, 0.3) is 5.69 Å². The Balaban J connectivity index is 2.13. The highest BCUT2D eigenvalue weighted by atomic mass is 15.4. The molecule has 6 nitrogen and oxygen atoms in total. The first kappa shape index (κ1) is 13.7. The molecule has 2 heterocycles. The first-order valence-electron chi connectivity index (χ1n) is 6.63. The lowest BCUT2D eigenvalue weighted by Gasteiger charge is -2.29. The van der Waals surface area contributed by atoms with Crippen molar-refractivity contribution in [2.75, 3.05) is 0 Å². The van der Waals surface area contributed by atoms with E-state index in [0.717, 1.165) is 17.9 Å². The van der Waals surface area contributed by atoms with Crippen LogP contribution in [0.15, 0.2) is 18.6 Å². The highest BCUT2D eigenvalue weighted by Crippen LogP contribution is 2.11. The summed E-state index contributed by atoms with van der Waals surface area (Å²) in [5.74, 6) is 0. The molecule has 2 aromatic heterocycles. The molecular weight excluding hydrogens is 240 g/mol. The molecule has 2 aromatic rings. The van der Waals surface area contributed by atoms with Gasteiger partial charge in [0.1, 0.15) is 5.69 Å². The number of hydrogen-bond donors (Lipinski definition) is 0. The van der Waals surface area contributed by atoms with Crippen LogP contribution in [0.3, 0.4) is 0 Å². The van der Waals surface area contributed by atoms with Crippen molar-refractivity contribution in [1.82, 2.24) is 29.7 Å². The van der Waals surface area contributed by atoms with Crippen molar-refractivity contribution in [3.8, 4) is 5.69 Å². The molecule has 0 atom stereocenters. The molecular formula is C13H22N6. The molecule has 2 rings (SSSR count). The zero-order valence-electron chi connectivity index (χ0n) is 12.3.